The van der Waals surface area contributed by atoms with Crippen LogP contribution >= 0.6 is 0 Å². The molecule has 1 aliphatic carbocycles. The van der Waals surface area contributed by atoms with Crippen molar-refractivity contribution < 1.29 is 4.79 Å². The number of rotatable bonds is 5. The molecule has 23 heavy (non-hydrogen) atoms. The van der Waals surface area contributed by atoms with Gasteiger partial charge < -0.3 is 10.2 Å². The van der Waals surface area contributed by atoms with Crippen molar-refractivity contribution in [3.8, 4) is 12.1 Å². The third-order valence-corrected chi connectivity index (χ3v) is 4.86. The summed E-state index contributed by atoms with van der Waals surface area (Å²) in [6, 6.07) is 4.80. The molecule has 1 saturated carbocycles. The zero-order chi connectivity index (χ0) is 16.5. The van der Waals surface area contributed by atoms with Crippen molar-refractivity contribution in [2.45, 2.75) is 51.0 Å². The van der Waals surface area contributed by atoms with Gasteiger partial charge in [-0.1, -0.05) is 19.3 Å². The van der Waals surface area contributed by atoms with Crippen LogP contribution < -0.4 is 5.32 Å². The highest BCUT2D eigenvalue weighted by Crippen LogP contribution is 2.18. The van der Waals surface area contributed by atoms with Crippen molar-refractivity contribution >= 4 is 6.03 Å². The Balaban J connectivity index is 1.69. The lowest BCUT2D eigenvalue weighted by atomic mass is 9.96. The van der Waals surface area contributed by atoms with Gasteiger partial charge in [0.15, 0.2) is 0 Å². The molecule has 2 fully saturated rings. The summed E-state index contributed by atoms with van der Waals surface area (Å²) in [5, 5.41) is 20.9. The van der Waals surface area contributed by atoms with Crippen LogP contribution in [0.15, 0.2) is 0 Å². The molecule has 1 saturated heterocycles. The van der Waals surface area contributed by atoms with Gasteiger partial charge in [-0.05, 0) is 19.3 Å². The SMILES string of the molecule is N#CCC[C@H](C#N)CN1CCN(C(=O)NC2CCCCC2)CC1. The summed E-state index contributed by atoms with van der Waals surface area (Å²) in [5.74, 6) is -0.0859. The van der Waals surface area contributed by atoms with Crippen LogP contribution in [0.25, 0.3) is 0 Å². The molecule has 2 rings (SSSR count). The topological polar surface area (TPSA) is 83.2 Å². The number of carbonyl (C=O) groups is 1. The summed E-state index contributed by atoms with van der Waals surface area (Å²) in [6.07, 6.45) is 7.01. The standard InChI is InChI=1S/C17H27N5O/c18-8-4-5-15(13-19)14-21-9-11-22(12-10-21)17(23)20-16-6-2-1-3-7-16/h15-16H,1-7,9-12,14H2,(H,20,23)/t15-/m1/s1. The second kappa shape index (κ2) is 9.37. The summed E-state index contributed by atoms with van der Waals surface area (Å²) in [5.41, 5.74) is 0. The molecule has 0 aromatic rings. The van der Waals surface area contributed by atoms with Crippen LogP contribution in [-0.4, -0.2) is 54.6 Å². The number of hydrogen-bond acceptors (Lipinski definition) is 4. The first kappa shape index (κ1) is 17.6. The minimum absolute atomic E-state index is 0.0675. The molecule has 1 aliphatic heterocycles. The van der Waals surface area contributed by atoms with Crippen LogP contribution in [0.2, 0.25) is 0 Å². The van der Waals surface area contributed by atoms with Gasteiger partial charge in [0.25, 0.3) is 0 Å². The van der Waals surface area contributed by atoms with Gasteiger partial charge in [-0.25, -0.2) is 4.79 Å². The molecular weight excluding hydrogens is 290 g/mol. The summed E-state index contributed by atoms with van der Waals surface area (Å²) in [6.45, 7) is 3.76. The van der Waals surface area contributed by atoms with Crippen LogP contribution in [-0.2, 0) is 0 Å². The summed E-state index contributed by atoms with van der Waals surface area (Å²) >= 11 is 0. The van der Waals surface area contributed by atoms with Gasteiger partial charge in [-0.15, -0.1) is 0 Å². The minimum Gasteiger partial charge on any atom is -0.335 e. The lowest BCUT2D eigenvalue weighted by Gasteiger charge is -2.36. The molecule has 6 nitrogen and oxygen atoms in total. The van der Waals surface area contributed by atoms with E-state index in [4.69, 9.17) is 10.5 Å². The Kier molecular flexibility index (Phi) is 7.16. The van der Waals surface area contributed by atoms with E-state index in [-0.39, 0.29) is 11.9 Å². The fourth-order valence-corrected chi connectivity index (χ4v) is 3.39. The van der Waals surface area contributed by atoms with Gasteiger partial charge in [0, 0.05) is 45.2 Å². The Morgan fingerprint density at radius 1 is 1.13 bits per heavy atom. The van der Waals surface area contributed by atoms with E-state index in [0.29, 0.717) is 25.4 Å². The van der Waals surface area contributed by atoms with Gasteiger partial charge in [0.2, 0.25) is 0 Å². The van der Waals surface area contributed by atoms with Crippen molar-refractivity contribution in [2.75, 3.05) is 32.7 Å². The van der Waals surface area contributed by atoms with Crippen molar-refractivity contribution in [2.24, 2.45) is 5.92 Å². The summed E-state index contributed by atoms with van der Waals surface area (Å²) < 4.78 is 0. The smallest absolute Gasteiger partial charge is 0.317 e. The van der Waals surface area contributed by atoms with Crippen LogP contribution in [0.4, 0.5) is 4.79 Å². The third kappa shape index (κ3) is 5.73. The molecule has 1 N–H and O–H groups in total. The maximum Gasteiger partial charge on any atom is 0.317 e. The van der Waals surface area contributed by atoms with Crippen LogP contribution in [0.5, 0.6) is 0 Å². The molecule has 0 spiro atoms. The number of amides is 2. The molecule has 0 unspecified atom stereocenters. The predicted molar refractivity (Wildman–Crippen MR) is 87.4 cm³/mol. The van der Waals surface area contributed by atoms with Crippen molar-refractivity contribution in [3.63, 3.8) is 0 Å². The number of piperazine rings is 1. The maximum absolute atomic E-state index is 12.3. The highest BCUT2D eigenvalue weighted by Gasteiger charge is 2.25. The first-order valence-corrected chi connectivity index (χ1v) is 8.77. The van der Waals surface area contributed by atoms with Gasteiger partial charge in [0.05, 0.1) is 18.1 Å². The lowest BCUT2D eigenvalue weighted by molar-refractivity contribution is 0.129. The fourth-order valence-electron chi connectivity index (χ4n) is 3.39. The largest absolute Gasteiger partial charge is 0.335 e. The fraction of sp³-hybridized carbons (Fsp3) is 0.824. The number of urea groups is 1. The maximum atomic E-state index is 12.3. The van der Waals surface area contributed by atoms with Crippen LogP contribution in [0.1, 0.15) is 44.9 Å². The quantitative estimate of drug-likeness (QED) is 0.841. The molecule has 2 aliphatic rings. The van der Waals surface area contributed by atoms with E-state index in [1.165, 1.54) is 19.3 Å². The molecule has 2 amide bonds. The highest BCUT2D eigenvalue weighted by atomic mass is 16.2. The number of nitrogens with one attached hydrogen (secondary N) is 1. The third-order valence-electron chi connectivity index (χ3n) is 4.86. The first-order valence-electron chi connectivity index (χ1n) is 8.77. The second-order valence-corrected chi connectivity index (χ2v) is 6.59. The number of nitrogens with zero attached hydrogens (tertiary/aromatic N) is 4. The lowest BCUT2D eigenvalue weighted by Crippen LogP contribution is -2.54. The zero-order valence-electron chi connectivity index (χ0n) is 13.8. The normalized spacial score (nSPS) is 21.2. The van der Waals surface area contributed by atoms with E-state index in [1.807, 2.05) is 4.90 Å². The number of carbonyl (C=O) groups excluding carboxylic acids is 1. The zero-order valence-corrected chi connectivity index (χ0v) is 13.8. The Labute approximate surface area is 139 Å². The minimum atomic E-state index is -0.0859. The average Bonchev–Trinajstić information content (AvgIpc) is 2.60. The molecular formula is C17H27N5O. The van der Waals surface area contributed by atoms with Gasteiger partial charge in [-0.2, -0.15) is 10.5 Å². The molecule has 1 atom stereocenters. The van der Waals surface area contributed by atoms with Crippen LogP contribution in [0.3, 0.4) is 0 Å². The molecule has 0 aromatic carbocycles. The van der Waals surface area contributed by atoms with E-state index >= 15 is 0 Å². The molecule has 0 bridgehead atoms. The van der Waals surface area contributed by atoms with E-state index in [2.05, 4.69) is 22.4 Å². The van der Waals surface area contributed by atoms with Gasteiger partial charge in [-0.3, -0.25) is 4.90 Å². The average molecular weight is 317 g/mol. The monoisotopic (exact) mass is 317 g/mol. The molecule has 0 aromatic heterocycles. The Morgan fingerprint density at radius 2 is 1.83 bits per heavy atom. The first-order chi connectivity index (χ1) is 11.2. The van der Waals surface area contributed by atoms with Gasteiger partial charge >= 0.3 is 6.03 Å². The highest BCUT2D eigenvalue weighted by molar-refractivity contribution is 5.74. The molecule has 126 valence electrons. The summed E-state index contributed by atoms with van der Waals surface area (Å²) in [4.78, 5) is 16.4. The van der Waals surface area contributed by atoms with E-state index in [9.17, 15) is 4.79 Å². The Hall–Kier alpha value is -1.79. The van der Waals surface area contributed by atoms with Crippen LogP contribution in [0, 0.1) is 28.6 Å². The number of nitriles is 2. The summed E-state index contributed by atoms with van der Waals surface area (Å²) in [7, 11) is 0. The van der Waals surface area contributed by atoms with E-state index in [1.54, 1.807) is 0 Å². The van der Waals surface area contributed by atoms with Crippen molar-refractivity contribution in [1.29, 1.82) is 10.5 Å². The molecule has 1 heterocycles. The van der Waals surface area contributed by atoms with E-state index < -0.39 is 0 Å². The predicted octanol–water partition coefficient (Wildman–Crippen LogP) is 2.09. The Morgan fingerprint density at radius 3 is 2.43 bits per heavy atom. The van der Waals surface area contributed by atoms with Gasteiger partial charge in [0.1, 0.15) is 0 Å². The second-order valence-electron chi connectivity index (χ2n) is 6.59. The molecule has 0 radical (unpaired) electrons. The Bertz CT molecular complexity index is 453. The van der Waals surface area contributed by atoms with Crippen molar-refractivity contribution in [1.82, 2.24) is 15.1 Å². The number of hydrogen-bond donors (Lipinski definition) is 1. The molecule has 6 heteroatoms. The van der Waals surface area contributed by atoms with E-state index in [0.717, 1.165) is 39.0 Å². The van der Waals surface area contributed by atoms with Crippen molar-refractivity contribution in [3.05, 3.63) is 0 Å².